The van der Waals surface area contributed by atoms with E-state index in [2.05, 4.69) is 10.6 Å². The number of nitrogens with one attached hydrogen (secondary N) is 2. The second-order valence-electron chi connectivity index (χ2n) is 8.87. The van der Waals surface area contributed by atoms with Gasteiger partial charge in [-0.15, -0.1) is 0 Å². The molecule has 10 heteroatoms. The van der Waals surface area contributed by atoms with Crippen molar-refractivity contribution >= 4 is 28.8 Å². The predicted molar refractivity (Wildman–Crippen MR) is 130 cm³/mol. The second-order valence-corrected chi connectivity index (χ2v) is 8.87. The Morgan fingerprint density at radius 2 is 2.08 bits per heavy atom. The van der Waals surface area contributed by atoms with Crippen LogP contribution in [-0.4, -0.2) is 56.7 Å². The van der Waals surface area contributed by atoms with Crippen molar-refractivity contribution in [3.8, 4) is 5.75 Å². The van der Waals surface area contributed by atoms with Gasteiger partial charge in [0.05, 0.1) is 24.8 Å². The van der Waals surface area contributed by atoms with Gasteiger partial charge in [-0.25, -0.2) is 0 Å². The summed E-state index contributed by atoms with van der Waals surface area (Å²) in [5.74, 6) is -0.431. The highest BCUT2D eigenvalue weighted by atomic mass is 19.4. The molecule has 2 aliphatic rings. The topological polar surface area (TPSA) is 79.9 Å². The molecule has 0 spiro atoms. The molecule has 2 aromatic carbocycles. The number of hydrogen-bond donors (Lipinski definition) is 2. The van der Waals surface area contributed by atoms with Gasteiger partial charge in [0.1, 0.15) is 5.75 Å². The highest BCUT2D eigenvalue weighted by Gasteiger charge is 2.32. The number of methoxy groups -OCH3 is 1. The summed E-state index contributed by atoms with van der Waals surface area (Å²) in [6.07, 6.45) is -1.49. The Hall–Kier alpha value is -3.37. The average molecular weight is 504 g/mol. The predicted octanol–water partition coefficient (Wildman–Crippen LogP) is 4.34. The standard InChI is InChI=1S/C26H28F3N3O4/c1-32(9-11-35-2)22-12-17-5-7-19(15-21(17)31-25(22)34)30-24(33)13-16-4-3-10-36-23-14-18(26(27,28)29)6-8-20(16)23/h5-8,13-15,22H,3-4,9-12H2,1-2H3,(H,30,33)(H,31,34). The first-order valence-corrected chi connectivity index (χ1v) is 11.6. The summed E-state index contributed by atoms with van der Waals surface area (Å²) < 4.78 is 49.9. The molecule has 0 saturated carbocycles. The summed E-state index contributed by atoms with van der Waals surface area (Å²) in [6.45, 7) is 1.41. The number of ether oxygens (including phenoxy) is 2. The number of nitrogens with zero attached hydrogens (tertiary/aromatic N) is 1. The van der Waals surface area contributed by atoms with Gasteiger partial charge in [-0.1, -0.05) is 12.1 Å². The maximum atomic E-state index is 13.1. The molecule has 2 amide bonds. The zero-order chi connectivity index (χ0) is 25.9. The van der Waals surface area contributed by atoms with Gasteiger partial charge in [-0.3, -0.25) is 14.5 Å². The van der Waals surface area contributed by atoms with Crippen molar-refractivity contribution in [2.45, 2.75) is 31.5 Å². The summed E-state index contributed by atoms with van der Waals surface area (Å²) in [4.78, 5) is 27.3. The molecule has 0 radical (unpaired) electrons. The Labute approximate surface area is 207 Å². The summed E-state index contributed by atoms with van der Waals surface area (Å²) in [5.41, 5.74) is 2.36. The van der Waals surface area contributed by atoms with Gasteiger partial charge in [0.25, 0.3) is 0 Å². The molecule has 2 aromatic rings. The number of hydrogen-bond acceptors (Lipinski definition) is 5. The minimum atomic E-state index is -4.48. The first kappa shape index (κ1) is 25.7. The minimum absolute atomic E-state index is 0.114. The number of likely N-dealkylation sites (N-methyl/N-ethyl adjacent to an activating group) is 1. The number of benzene rings is 2. The van der Waals surface area contributed by atoms with Crippen LogP contribution in [-0.2, 0) is 26.9 Å². The Bertz CT molecular complexity index is 1180. The number of carbonyl (C=O) groups is 2. The van der Waals surface area contributed by atoms with Crippen LogP contribution < -0.4 is 15.4 Å². The average Bonchev–Trinajstić information content (AvgIpc) is 3.03. The van der Waals surface area contributed by atoms with Crippen molar-refractivity contribution in [2.75, 3.05) is 44.5 Å². The maximum Gasteiger partial charge on any atom is 0.416 e. The molecule has 2 N–H and O–H groups in total. The van der Waals surface area contributed by atoms with E-state index in [0.29, 0.717) is 54.9 Å². The van der Waals surface area contributed by atoms with Crippen LogP contribution in [0.5, 0.6) is 5.75 Å². The maximum absolute atomic E-state index is 13.1. The number of fused-ring (bicyclic) bond motifs is 2. The lowest BCUT2D eigenvalue weighted by Crippen LogP contribution is -2.47. The third-order valence-electron chi connectivity index (χ3n) is 6.34. The SMILES string of the molecule is COCCN(C)C1Cc2ccc(NC(=O)C=C3CCCOc4cc(C(F)(F)F)ccc43)cc2NC1=O. The molecule has 2 aliphatic heterocycles. The van der Waals surface area contributed by atoms with Crippen molar-refractivity contribution in [2.24, 2.45) is 0 Å². The molecule has 1 unspecified atom stereocenters. The van der Waals surface area contributed by atoms with Gasteiger partial charge in [0.2, 0.25) is 11.8 Å². The second kappa shape index (κ2) is 10.7. The Morgan fingerprint density at radius 1 is 1.28 bits per heavy atom. The van der Waals surface area contributed by atoms with Crippen LogP contribution in [0.15, 0.2) is 42.5 Å². The van der Waals surface area contributed by atoms with E-state index in [1.807, 2.05) is 18.0 Å². The molecular weight excluding hydrogens is 475 g/mol. The highest BCUT2D eigenvalue weighted by Crippen LogP contribution is 2.38. The Balaban J connectivity index is 1.49. The van der Waals surface area contributed by atoms with Crippen LogP contribution in [0, 0.1) is 0 Å². The first-order valence-electron chi connectivity index (χ1n) is 11.6. The van der Waals surface area contributed by atoms with E-state index in [-0.39, 0.29) is 24.3 Å². The molecule has 7 nitrogen and oxygen atoms in total. The number of alkyl halides is 3. The van der Waals surface area contributed by atoms with E-state index in [1.54, 1.807) is 19.2 Å². The molecule has 0 saturated heterocycles. The van der Waals surface area contributed by atoms with Crippen molar-refractivity contribution in [1.29, 1.82) is 0 Å². The fourth-order valence-corrected chi connectivity index (χ4v) is 4.36. The van der Waals surface area contributed by atoms with E-state index < -0.39 is 17.6 Å². The largest absolute Gasteiger partial charge is 0.493 e. The van der Waals surface area contributed by atoms with Gasteiger partial charge >= 0.3 is 6.18 Å². The number of amides is 2. The molecular formula is C26H28F3N3O4. The fourth-order valence-electron chi connectivity index (χ4n) is 4.36. The molecule has 0 bridgehead atoms. The van der Waals surface area contributed by atoms with Crippen LogP contribution in [0.2, 0.25) is 0 Å². The number of allylic oxidation sites excluding steroid dienone is 1. The summed E-state index contributed by atoms with van der Waals surface area (Å²) >= 11 is 0. The van der Waals surface area contributed by atoms with E-state index in [9.17, 15) is 22.8 Å². The lowest BCUT2D eigenvalue weighted by molar-refractivity contribution is -0.137. The van der Waals surface area contributed by atoms with Gasteiger partial charge in [0.15, 0.2) is 0 Å². The Morgan fingerprint density at radius 3 is 2.83 bits per heavy atom. The zero-order valence-corrected chi connectivity index (χ0v) is 20.1. The minimum Gasteiger partial charge on any atom is -0.493 e. The van der Waals surface area contributed by atoms with Crippen LogP contribution in [0.3, 0.4) is 0 Å². The number of anilines is 2. The van der Waals surface area contributed by atoms with E-state index in [4.69, 9.17) is 9.47 Å². The third kappa shape index (κ3) is 5.88. The van der Waals surface area contributed by atoms with Gasteiger partial charge in [-0.05, 0) is 61.7 Å². The molecule has 2 heterocycles. The highest BCUT2D eigenvalue weighted by molar-refractivity contribution is 6.05. The van der Waals surface area contributed by atoms with Crippen LogP contribution in [0.25, 0.3) is 5.57 Å². The van der Waals surface area contributed by atoms with Crippen molar-refractivity contribution in [1.82, 2.24) is 4.90 Å². The quantitative estimate of drug-likeness (QED) is 0.574. The van der Waals surface area contributed by atoms with Gasteiger partial charge in [0, 0.05) is 36.7 Å². The summed E-state index contributed by atoms with van der Waals surface area (Å²) in [7, 11) is 3.48. The van der Waals surface area contributed by atoms with Crippen LogP contribution in [0.4, 0.5) is 24.5 Å². The molecule has 0 aliphatic carbocycles. The smallest absolute Gasteiger partial charge is 0.416 e. The lowest BCUT2D eigenvalue weighted by Gasteiger charge is -2.31. The van der Waals surface area contributed by atoms with Crippen molar-refractivity contribution in [3.05, 3.63) is 59.2 Å². The van der Waals surface area contributed by atoms with Crippen molar-refractivity contribution < 1.29 is 32.2 Å². The van der Waals surface area contributed by atoms with E-state index in [0.717, 1.165) is 17.7 Å². The Kier molecular flexibility index (Phi) is 7.65. The number of halogens is 3. The fraction of sp³-hybridized carbons (Fsp3) is 0.385. The molecule has 0 fully saturated rings. The van der Waals surface area contributed by atoms with Crippen LogP contribution in [0.1, 0.15) is 29.5 Å². The van der Waals surface area contributed by atoms with Crippen LogP contribution >= 0.6 is 0 Å². The molecule has 1 atom stereocenters. The summed E-state index contributed by atoms with van der Waals surface area (Å²) in [6, 6.07) is 8.32. The first-order chi connectivity index (χ1) is 17.2. The van der Waals surface area contributed by atoms with E-state index >= 15 is 0 Å². The zero-order valence-electron chi connectivity index (χ0n) is 20.1. The van der Waals surface area contributed by atoms with E-state index in [1.165, 1.54) is 12.1 Å². The number of carbonyl (C=O) groups excluding carboxylic acids is 2. The monoisotopic (exact) mass is 503 g/mol. The molecule has 192 valence electrons. The van der Waals surface area contributed by atoms with Gasteiger partial charge in [-0.2, -0.15) is 13.2 Å². The third-order valence-corrected chi connectivity index (χ3v) is 6.34. The molecule has 36 heavy (non-hydrogen) atoms. The molecule has 0 aromatic heterocycles. The lowest BCUT2D eigenvalue weighted by atomic mass is 9.97. The van der Waals surface area contributed by atoms with Crippen molar-refractivity contribution in [3.63, 3.8) is 0 Å². The van der Waals surface area contributed by atoms with Gasteiger partial charge < -0.3 is 20.1 Å². The molecule has 4 rings (SSSR count). The normalized spacial score (nSPS) is 18.7. The summed E-state index contributed by atoms with van der Waals surface area (Å²) in [5, 5.41) is 5.69. The number of rotatable bonds is 6.